The first-order valence-electron chi connectivity index (χ1n) is 9.15. The maximum Gasteiger partial charge on any atom is 0.104 e. The molecule has 136 valence electrons. The fourth-order valence-corrected chi connectivity index (χ4v) is 3.60. The van der Waals surface area contributed by atoms with Crippen LogP contribution in [0.2, 0.25) is 0 Å². The minimum absolute atomic E-state index is 0.0366. The molecule has 0 radical (unpaired) electrons. The predicted octanol–water partition coefficient (Wildman–Crippen LogP) is 3.41. The van der Waals surface area contributed by atoms with Gasteiger partial charge in [-0.2, -0.15) is 0 Å². The van der Waals surface area contributed by atoms with E-state index in [1.165, 1.54) is 0 Å². The minimum atomic E-state index is 0.0366. The summed E-state index contributed by atoms with van der Waals surface area (Å²) in [4.78, 5) is 9.13. The zero-order valence-corrected chi connectivity index (χ0v) is 15.2. The first-order valence-corrected chi connectivity index (χ1v) is 9.15. The summed E-state index contributed by atoms with van der Waals surface area (Å²) in [6.07, 6.45) is 5.73. The van der Waals surface area contributed by atoms with Crippen molar-refractivity contribution in [3.05, 3.63) is 49.2 Å². The van der Waals surface area contributed by atoms with E-state index in [-0.39, 0.29) is 12.1 Å². The average molecular weight is 352 g/mol. The van der Waals surface area contributed by atoms with Crippen LogP contribution in [0.3, 0.4) is 0 Å². The number of aryl methyl sites for hydroxylation is 1. The van der Waals surface area contributed by atoms with Gasteiger partial charge >= 0.3 is 0 Å². The topological polar surface area (TPSA) is 54.1 Å². The molecule has 6 heteroatoms. The number of rotatable bonds is 6. The second kappa shape index (κ2) is 7.43. The molecule has 2 aromatic heterocycles. The first kappa shape index (κ1) is 17.0. The van der Waals surface area contributed by atoms with E-state index >= 15 is 0 Å². The van der Waals surface area contributed by atoms with Gasteiger partial charge in [0.1, 0.15) is 6.10 Å². The quantitative estimate of drug-likeness (QED) is 0.682. The number of ether oxygens (including phenoxy) is 2. The SMILES string of the molecule is CCO[C@@H]1COC[C@H]1n1cnc(-c2ccccc2)c1-c1cncn1CC. The molecule has 6 nitrogen and oxygen atoms in total. The molecule has 2 atom stereocenters. The standard InChI is InChI=1S/C20H24N4O2/c1-3-23-13-21-10-16(23)20-19(15-8-6-5-7-9-15)22-14-24(20)17-11-25-12-18(17)26-4-2/h5-10,13-14,17-18H,3-4,11-12H2,1-2H3/t17-,18-/m1/s1. The molecular formula is C20H24N4O2. The van der Waals surface area contributed by atoms with Crippen molar-refractivity contribution >= 4 is 0 Å². The number of aromatic nitrogens is 4. The van der Waals surface area contributed by atoms with Gasteiger partial charge in [0.15, 0.2) is 0 Å². The van der Waals surface area contributed by atoms with E-state index in [2.05, 4.69) is 33.2 Å². The van der Waals surface area contributed by atoms with Crippen molar-refractivity contribution in [3.8, 4) is 22.6 Å². The van der Waals surface area contributed by atoms with E-state index < -0.39 is 0 Å². The molecule has 0 bridgehead atoms. The fourth-order valence-electron chi connectivity index (χ4n) is 3.60. The molecule has 3 heterocycles. The van der Waals surface area contributed by atoms with Crippen molar-refractivity contribution in [2.45, 2.75) is 32.5 Å². The Morgan fingerprint density at radius 3 is 2.77 bits per heavy atom. The Labute approximate surface area is 153 Å². The van der Waals surface area contributed by atoms with Crippen LogP contribution in [0.25, 0.3) is 22.6 Å². The fraction of sp³-hybridized carbons (Fsp3) is 0.400. The van der Waals surface area contributed by atoms with Gasteiger partial charge in [-0.3, -0.25) is 0 Å². The van der Waals surface area contributed by atoms with E-state index in [1.807, 2.05) is 44.0 Å². The normalized spacial score (nSPS) is 19.9. The lowest BCUT2D eigenvalue weighted by molar-refractivity contribution is 0.0364. The summed E-state index contributed by atoms with van der Waals surface area (Å²) >= 11 is 0. The van der Waals surface area contributed by atoms with Gasteiger partial charge in [0, 0.05) is 18.7 Å². The molecule has 0 saturated carbocycles. The highest BCUT2D eigenvalue weighted by Gasteiger charge is 2.33. The van der Waals surface area contributed by atoms with E-state index in [1.54, 1.807) is 0 Å². The van der Waals surface area contributed by atoms with Crippen molar-refractivity contribution in [3.63, 3.8) is 0 Å². The molecule has 1 aliphatic heterocycles. The van der Waals surface area contributed by atoms with Crippen molar-refractivity contribution in [1.82, 2.24) is 19.1 Å². The smallest absolute Gasteiger partial charge is 0.104 e. The lowest BCUT2D eigenvalue weighted by Gasteiger charge is -2.22. The molecule has 0 amide bonds. The summed E-state index contributed by atoms with van der Waals surface area (Å²) in [6.45, 7) is 6.91. The van der Waals surface area contributed by atoms with Crippen LogP contribution in [-0.4, -0.2) is 45.0 Å². The molecule has 26 heavy (non-hydrogen) atoms. The minimum Gasteiger partial charge on any atom is -0.376 e. The highest BCUT2D eigenvalue weighted by molar-refractivity contribution is 5.77. The summed E-state index contributed by atoms with van der Waals surface area (Å²) in [5.74, 6) is 0. The predicted molar refractivity (Wildman–Crippen MR) is 99.8 cm³/mol. The number of benzene rings is 1. The third-order valence-corrected chi connectivity index (χ3v) is 4.87. The van der Waals surface area contributed by atoms with Crippen LogP contribution in [0.5, 0.6) is 0 Å². The molecule has 3 aromatic rings. The Morgan fingerprint density at radius 1 is 1.15 bits per heavy atom. The molecule has 0 unspecified atom stereocenters. The number of hydrogen-bond acceptors (Lipinski definition) is 4. The first-order chi connectivity index (χ1) is 12.8. The molecule has 1 aromatic carbocycles. The largest absolute Gasteiger partial charge is 0.376 e. The van der Waals surface area contributed by atoms with Gasteiger partial charge in [0.25, 0.3) is 0 Å². The maximum atomic E-state index is 5.92. The molecule has 4 rings (SSSR count). The lowest BCUT2D eigenvalue weighted by atomic mass is 10.1. The monoisotopic (exact) mass is 352 g/mol. The Morgan fingerprint density at radius 2 is 2.00 bits per heavy atom. The summed E-state index contributed by atoms with van der Waals surface area (Å²) in [6, 6.07) is 10.4. The van der Waals surface area contributed by atoms with Gasteiger partial charge in [-0.25, -0.2) is 9.97 Å². The third-order valence-electron chi connectivity index (χ3n) is 4.87. The summed E-state index contributed by atoms with van der Waals surface area (Å²) in [5, 5.41) is 0. The summed E-state index contributed by atoms with van der Waals surface area (Å²) in [5.41, 5.74) is 4.18. The van der Waals surface area contributed by atoms with E-state index in [0.717, 1.165) is 29.2 Å². The highest BCUT2D eigenvalue weighted by atomic mass is 16.5. The van der Waals surface area contributed by atoms with Gasteiger partial charge in [0.2, 0.25) is 0 Å². The molecule has 1 aliphatic rings. The molecular weight excluding hydrogens is 328 g/mol. The molecule has 0 aliphatic carbocycles. The molecule has 1 fully saturated rings. The molecule has 0 N–H and O–H groups in total. The number of nitrogens with zero attached hydrogens (tertiary/aromatic N) is 4. The van der Waals surface area contributed by atoms with E-state index in [9.17, 15) is 0 Å². The zero-order chi connectivity index (χ0) is 17.9. The Bertz CT molecular complexity index is 856. The van der Waals surface area contributed by atoms with Gasteiger partial charge in [-0.05, 0) is 13.8 Å². The van der Waals surface area contributed by atoms with Gasteiger partial charge in [0.05, 0.1) is 55.2 Å². The molecule has 0 spiro atoms. The number of hydrogen-bond donors (Lipinski definition) is 0. The maximum absolute atomic E-state index is 5.92. The summed E-state index contributed by atoms with van der Waals surface area (Å²) in [7, 11) is 0. The van der Waals surface area contributed by atoms with Crippen molar-refractivity contribution in [1.29, 1.82) is 0 Å². The Balaban J connectivity index is 1.86. The second-order valence-electron chi connectivity index (χ2n) is 6.38. The number of imidazole rings is 2. The lowest BCUT2D eigenvalue weighted by Crippen LogP contribution is -2.26. The second-order valence-corrected chi connectivity index (χ2v) is 6.38. The van der Waals surface area contributed by atoms with E-state index in [4.69, 9.17) is 14.5 Å². The third kappa shape index (κ3) is 2.95. The molecule has 1 saturated heterocycles. The average Bonchev–Trinajstić information content (AvgIpc) is 3.40. The van der Waals surface area contributed by atoms with Crippen LogP contribution < -0.4 is 0 Å². The Kier molecular flexibility index (Phi) is 4.86. The van der Waals surface area contributed by atoms with Gasteiger partial charge in [-0.1, -0.05) is 30.3 Å². The van der Waals surface area contributed by atoms with Crippen molar-refractivity contribution < 1.29 is 9.47 Å². The van der Waals surface area contributed by atoms with Crippen LogP contribution in [0, 0.1) is 0 Å². The van der Waals surface area contributed by atoms with Crippen LogP contribution in [0.1, 0.15) is 19.9 Å². The van der Waals surface area contributed by atoms with Gasteiger partial charge < -0.3 is 18.6 Å². The van der Waals surface area contributed by atoms with Crippen LogP contribution in [-0.2, 0) is 16.0 Å². The highest BCUT2D eigenvalue weighted by Crippen LogP contribution is 2.35. The van der Waals surface area contributed by atoms with Crippen molar-refractivity contribution in [2.75, 3.05) is 19.8 Å². The Hall–Kier alpha value is -2.44. The van der Waals surface area contributed by atoms with E-state index in [0.29, 0.717) is 19.8 Å². The van der Waals surface area contributed by atoms with Crippen LogP contribution in [0.15, 0.2) is 49.2 Å². The van der Waals surface area contributed by atoms with Crippen molar-refractivity contribution in [2.24, 2.45) is 0 Å². The van der Waals surface area contributed by atoms with Crippen LogP contribution >= 0.6 is 0 Å². The zero-order valence-electron chi connectivity index (χ0n) is 15.2. The van der Waals surface area contributed by atoms with Gasteiger partial charge in [-0.15, -0.1) is 0 Å². The summed E-state index contributed by atoms with van der Waals surface area (Å²) < 4.78 is 16.0. The van der Waals surface area contributed by atoms with Crippen LogP contribution in [0.4, 0.5) is 0 Å².